The number of hydrogen-bond acceptors (Lipinski definition) is 1. The molecule has 0 aliphatic rings. The molecule has 0 fully saturated rings. The van der Waals surface area contributed by atoms with Crippen LogP contribution in [0.1, 0.15) is 15.9 Å². The van der Waals surface area contributed by atoms with Crippen LogP contribution < -0.4 is 0 Å². The number of benzene rings is 2. The molecule has 0 saturated heterocycles. The minimum atomic E-state index is -0.620. The van der Waals surface area contributed by atoms with Gasteiger partial charge in [0.2, 0.25) is 0 Å². The average molecular weight is 346 g/mol. The molecular weight excluding hydrogens is 338 g/mol. The van der Waals surface area contributed by atoms with Crippen LogP contribution in [0.25, 0.3) is 0 Å². The highest BCUT2D eigenvalue weighted by Crippen LogP contribution is 2.24. The predicted octanol–water partition coefficient (Wildman–Crippen LogP) is 4.81. The summed E-state index contributed by atoms with van der Waals surface area (Å²) in [4.78, 5) is 12.0. The van der Waals surface area contributed by atoms with Crippen molar-refractivity contribution in [3.05, 3.63) is 68.7 Å². The standard InChI is InChI=1S/C14H8BrClF2O/c15-13-9(4-2-6-11(13)17)12(19)7-8-3-1-5-10(16)14(8)18/h1-6H,7H2. The summed E-state index contributed by atoms with van der Waals surface area (Å²) in [5.74, 6) is -1.53. The Hall–Kier alpha value is -1.26. The smallest absolute Gasteiger partial charge is 0.168 e. The summed E-state index contributed by atoms with van der Waals surface area (Å²) in [6, 6.07) is 8.60. The topological polar surface area (TPSA) is 17.1 Å². The number of carbonyl (C=O) groups is 1. The molecule has 0 unspecified atom stereocenters. The molecule has 0 aliphatic heterocycles. The van der Waals surface area contributed by atoms with E-state index < -0.39 is 11.6 Å². The molecule has 0 heterocycles. The van der Waals surface area contributed by atoms with E-state index in [1.165, 1.54) is 30.3 Å². The van der Waals surface area contributed by atoms with Crippen molar-refractivity contribution in [2.75, 3.05) is 0 Å². The van der Waals surface area contributed by atoms with E-state index in [0.29, 0.717) is 0 Å². The van der Waals surface area contributed by atoms with Crippen molar-refractivity contribution in [2.24, 2.45) is 0 Å². The van der Waals surface area contributed by atoms with Gasteiger partial charge in [-0.3, -0.25) is 4.79 Å². The molecule has 0 radical (unpaired) electrons. The van der Waals surface area contributed by atoms with E-state index in [9.17, 15) is 13.6 Å². The highest BCUT2D eigenvalue weighted by atomic mass is 79.9. The molecular formula is C14H8BrClF2O. The minimum Gasteiger partial charge on any atom is -0.294 e. The van der Waals surface area contributed by atoms with Crippen molar-refractivity contribution in [3.8, 4) is 0 Å². The van der Waals surface area contributed by atoms with Gasteiger partial charge in [0.05, 0.1) is 9.50 Å². The van der Waals surface area contributed by atoms with Gasteiger partial charge in [-0.1, -0.05) is 35.9 Å². The average Bonchev–Trinajstić information content (AvgIpc) is 2.38. The van der Waals surface area contributed by atoms with Crippen molar-refractivity contribution in [3.63, 3.8) is 0 Å². The molecule has 2 aromatic rings. The Morgan fingerprint density at radius 3 is 2.58 bits per heavy atom. The summed E-state index contributed by atoms with van der Waals surface area (Å²) in [5.41, 5.74) is 0.369. The summed E-state index contributed by atoms with van der Waals surface area (Å²) in [5, 5.41) is -0.0383. The lowest BCUT2D eigenvalue weighted by Gasteiger charge is -2.06. The van der Waals surface area contributed by atoms with E-state index in [1.54, 1.807) is 6.07 Å². The lowest BCUT2D eigenvalue weighted by molar-refractivity contribution is 0.0990. The lowest BCUT2D eigenvalue weighted by atomic mass is 10.0. The van der Waals surface area contributed by atoms with Crippen molar-refractivity contribution in [1.29, 1.82) is 0 Å². The SMILES string of the molecule is O=C(Cc1cccc(Cl)c1F)c1cccc(F)c1Br. The molecule has 0 aromatic heterocycles. The van der Waals surface area contributed by atoms with Gasteiger partial charge in [-0.25, -0.2) is 8.78 Å². The highest BCUT2D eigenvalue weighted by Gasteiger charge is 2.16. The third-order valence-corrected chi connectivity index (χ3v) is 3.73. The molecule has 1 nitrogen and oxygen atoms in total. The van der Waals surface area contributed by atoms with Gasteiger partial charge in [-0.05, 0) is 33.6 Å². The Morgan fingerprint density at radius 1 is 1.16 bits per heavy atom. The summed E-state index contributed by atoms with van der Waals surface area (Å²) in [6.45, 7) is 0. The zero-order valence-corrected chi connectivity index (χ0v) is 11.9. The number of ketones is 1. The second-order valence-corrected chi connectivity index (χ2v) is 5.11. The molecule has 0 spiro atoms. The number of carbonyl (C=O) groups excluding carboxylic acids is 1. The fraction of sp³-hybridized carbons (Fsp3) is 0.0714. The van der Waals surface area contributed by atoms with Crippen LogP contribution >= 0.6 is 27.5 Å². The van der Waals surface area contributed by atoms with Crippen molar-refractivity contribution >= 4 is 33.3 Å². The van der Waals surface area contributed by atoms with Gasteiger partial charge >= 0.3 is 0 Å². The van der Waals surface area contributed by atoms with E-state index >= 15 is 0 Å². The Morgan fingerprint density at radius 2 is 1.84 bits per heavy atom. The first-order valence-electron chi connectivity index (χ1n) is 5.41. The van der Waals surface area contributed by atoms with Crippen molar-refractivity contribution in [2.45, 2.75) is 6.42 Å². The first-order valence-corrected chi connectivity index (χ1v) is 6.58. The minimum absolute atomic E-state index is 0.0383. The molecule has 0 aliphatic carbocycles. The number of halogens is 4. The van der Waals surface area contributed by atoms with Gasteiger partial charge in [0.25, 0.3) is 0 Å². The third kappa shape index (κ3) is 3.01. The highest BCUT2D eigenvalue weighted by molar-refractivity contribution is 9.10. The fourth-order valence-corrected chi connectivity index (χ4v) is 2.35. The van der Waals surface area contributed by atoms with Gasteiger partial charge in [0.15, 0.2) is 5.78 Å². The zero-order valence-electron chi connectivity index (χ0n) is 9.59. The summed E-state index contributed by atoms with van der Waals surface area (Å²) >= 11 is 8.66. The number of Topliss-reactive ketones (excluding diaryl/α,β-unsaturated/α-hetero) is 1. The largest absolute Gasteiger partial charge is 0.294 e. The molecule has 2 aromatic carbocycles. The first kappa shape index (κ1) is 14.2. The fourth-order valence-electron chi connectivity index (χ4n) is 1.67. The quantitative estimate of drug-likeness (QED) is 0.730. The predicted molar refractivity (Wildman–Crippen MR) is 73.5 cm³/mol. The summed E-state index contributed by atoms with van der Waals surface area (Å²) in [7, 11) is 0. The summed E-state index contributed by atoms with van der Waals surface area (Å²) in [6.07, 6.45) is -0.172. The molecule has 0 saturated carbocycles. The summed E-state index contributed by atoms with van der Waals surface area (Å²) < 4.78 is 27.1. The van der Waals surface area contributed by atoms with Crippen LogP contribution in [0.4, 0.5) is 8.78 Å². The number of rotatable bonds is 3. The van der Waals surface area contributed by atoms with E-state index in [2.05, 4.69) is 15.9 Å². The Kier molecular flexibility index (Phi) is 4.32. The van der Waals surface area contributed by atoms with E-state index in [1.807, 2.05) is 0 Å². The second kappa shape index (κ2) is 5.80. The second-order valence-electron chi connectivity index (χ2n) is 3.91. The maximum Gasteiger partial charge on any atom is 0.168 e. The van der Waals surface area contributed by atoms with Crippen molar-refractivity contribution < 1.29 is 13.6 Å². The normalized spacial score (nSPS) is 10.5. The van der Waals surface area contributed by atoms with E-state index in [-0.39, 0.29) is 32.8 Å². The molecule has 98 valence electrons. The molecule has 5 heteroatoms. The van der Waals surface area contributed by atoms with Crippen molar-refractivity contribution in [1.82, 2.24) is 0 Å². The maximum atomic E-state index is 13.7. The molecule has 0 bridgehead atoms. The van der Waals surface area contributed by atoms with Crippen LogP contribution in [0.3, 0.4) is 0 Å². The maximum absolute atomic E-state index is 13.7. The molecule has 19 heavy (non-hydrogen) atoms. The molecule has 2 rings (SSSR count). The van der Waals surface area contributed by atoms with Gasteiger partial charge < -0.3 is 0 Å². The van der Waals surface area contributed by atoms with Crippen LogP contribution in [-0.2, 0) is 6.42 Å². The van der Waals surface area contributed by atoms with Gasteiger partial charge in [-0.2, -0.15) is 0 Å². The third-order valence-electron chi connectivity index (χ3n) is 2.63. The Labute approximate surface area is 122 Å². The van der Waals surface area contributed by atoms with E-state index in [4.69, 9.17) is 11.6 Å². The van der Waals surface area contributed by atoms with Gasteiger partial charge in [0, 0.05) is 12.0 Å². The van der Waals surface area contributed by atoms with Crippen LogP contribution in [-0.4, -0.2) is 5.78 Å². The Bertz CT molecular complexity index is 643. The molecule has 0 atom stereocenters. The van der Waals surface area contributed by atoms with Crippen LogP contribution in [0.5, 0.6) is 0 Å². The number of hydrogen-bond donors (Lipinski definition) is 0. The van der Waals surface area contributed by atoms with Crippen LogP contribution in [0.2, 0.25) is 5.02 Å². The lowest BCUT2D eigenvalue weighted by Crippen LogP contribution is -2.07. The molecule has 0 N–H and O–H groups in total. The molecule has 0 amide bonds. The first-order chi connectivity index (χ1) is 9.00. The van der Waals surface area contributed by atoms with E-state index in [0.717, 1.165) is 0 Å². The van der Waals surface area contributed by atoms with Crippen LogP contribution in [0.15, 0.2) is 40.9 Å². The zero-order chi connectivity index (χ0) is 14.0. The van der Waals surface area contributed by atoms with Gasteiger partial charge in [0.1, 0.15) is 11.6 Å². The Balaban J connectivity index is 2.31. The van der Waals surface area contributed by atoms with Crippen LogP contribution in [0, 0.1) is 11.6 Å². The monoisotopic (exact) mass is 344 g/mol. The van der Waals surface area contributed by atoms with Gasteiger partial charge in [-0.15, -0.1) is 0 Å².